The normalized spacial score (nSPS) is 25.1. The molecule has 2 aliphatic heterocycles. The van der Waals surface area contributed by atoms with E-state index in [-0.39, 0.29) is 30.1 Å². The Kier molecular flexibility index (Phi) is 6.43. The number of nitrogens with zero attached hydrogens (tertiary/aromatic N) is 3. The summed E-state index contributed by atoms with van der Waals surface area (Å²) in [5.41, 5.74) is -3.57. The number of halogens is 6. The average Bonchev–Trinajstić information content (AvgIpc) is 3.33. The van der Waals surface area contributed by atoms with Crippen molar-refractivity contribution in [3.05, 3.63) is 46.9 Å². The van der Waals surface area contributed by atoms with Gasteiger partial charge in [-0.15, -0.1) is 0 Å². The predicted octanol–water partition coefficient (Wildman–Crippen LogP) is 1.67. The SMILES string of the molecule is N=C1c2ncn([C@@H]3O[C@H](CO)[C@@H](O)[C@H]3O)c2NCN1OCc1ccc(C(F)(F)F)cc1C(F)(F)F. The zero-order chi connectivity index (χ0) is 25.7. The highest BCUT2D eigenvalue weighted by atomic mass is 19.4. The number of hydrogen-bond acceptors (Lipinski definition) is 8. The molecule has 3 heterocycles. The third-order valence-electron chi connectivity index (χ3n) is 5.57. The standard InChI is InChI=1S/C19H19F6N5O5/c20-18(21,22)9-2-1-8(10(3-9)19(23,24)25)5-34-30-7-28-16-12(15(30)26)27-6-29(16)17-14(33)13(32)11(4-31)35-17/h1-3,6,11,13-14,17,26,28,31-33H,4-5,7H2/t11-,13-,14-,17-/m1/s1. The summed E-state index contributed by atoms with van der Waals surface area (Å²) in [7, 11) is 0. The van der Waals surface area contributed by atoms with Gasteiger partial charge in [0.1, 0.15) is 43.1 Å². The summed E-state index contributed by atoms with van der Waals surface area (Å²) in [6.07, 6.45) is -13.8. The maximum Gasteiger partial charge on any atom is 0.416 e. The van der Waals surface area contributed by atoms with Gasteiger partial charge < -0.3 is 25.4 Å². The number of nitrogens with one attached hydrogen (secondary N) is 2. The first kappa shape index (κ1) is 25.2. The van der Waals surface area contributed by atoms with Crippen molar-refractivity contribution in [3.8, 4) is 0 Å². The van der Waals surface area contributed by atoms with Gasteiger partial charge in [0.15, 0.2) is 12.1 Å². The molecule has 1 aromatic heterocycles. The molecular weight excluding hydrogens is 492 g/mol. The van der Waals surface area contributed by atoms with E-state index >= 15 is 0 Å². The Labute approximate surface area is 192 Å². The number of anilines is 1. The lowest BCUT2D eigenvalue weighted by atomic mass is 10.0. The van der Waals surface area contributed by atoms with Crippen LogP contribution in [-0.2, 0) is 28.5 Å². The first-order chi connectivity index (χ1) is 16.3. The number of ether oxygens (including phenoxy) is 1. The summed E-state index contributed by atoms with van der Waals surface area (Å²) in [4.78, 5) is 9.28. The molecule has 0 bridgehead atoms. The molecule has 1 saturated heterocycles. The van der Waals surface area contributed by atoms with Gasteiger partial charge in [-0.2, -0.15) is 26.3 Å². The van der Waals surface area contributed by atoms with Crippen molar-refractivity contribution in [1.82, 2.24) is 14.6 Å². The van der Waals surface area contributed by atoms with Crippen molar-refractivity contribution >= 4 is 11.7 Å². The van der Waals surface area contributed by atoms with E-state index in [0.29, 0.717) is 12.1 Å². The van der Waals surface area contributed by atoms with Crippen molar-refractivity contribution in [2.75, 3.05) is 18.6 Å². The smallest absolute Gasteiger partial charge is 0.394 e. The number of hydrogen-bond donors (Lipinski definition) is 5. The van der Waals surface area contributed by atoms with Crippen molar-refractivity contribution in [1.29, 1.82) is 5.41 Å². The molecule has 35 heavy (non-hydrogen) atoms. The molecule has 10 nitrogen and oxygen atoms in total. The lowest BCUT2D eigenvalue weighted by Gasteiger charge is -2.30. The van der Waals surface area contributed by atoms with Crippen LogP contribution in [0.2, 0.25) is 0 Å². The number of hydroxylamine groups is 2. The Morgan fingerprint density at radius 3 is 2.46 bits per heavy atom. The van der Waals surface area contributed by atoms with Crippen LogP contribution < -0.4 is 5.32 Å². The average molecular weight is 511 g/mol. The van der Waals surface area contributed by atoms with Gasteiger partial charge in [-0.1, -0.05) is 6.07 Å². The number of aliphatic hydroxyl groups is 3. The molecule has 4 rings (SSSR count). The second-order valence-corrected chi connectivity index (χ2v) is 7.78. The molecule has 0 unspecified atom stereocenters. The quantitative estimate of drug-likeness (QED) is 0.383. The van der Waals surface area contributed by atoms with Crippen LogP contribution in [-0.4, -0.2) is 67.4 Å². The third-order valence-corrected chi connectivity index (χ3v) is 5.57. The van der Waals surface area contributed by atoms with Crippen LogP contribution in [0.5, 0.6) is 0 Å². The highest BCUT2D eigenvalue weighted by Gasteiger charge is 2.45. The highest BCUT2D eigenvalue weighted by Crippen LogP contribution is 2.38. The Hall–Kier alpha value is -2.92. The number of alkyl halides is 6. The number of rotatable bonds is 5. The molecule has 4 atom stereocenters. The summed E-state index contributed by atoms with van der Waals surface area (Å²) < 4.78 is 85.3. The molecule has 2 aromatic rings. The molecule has 1 aromatic carbocycles. The number of imidazole rings is 1. The monoisotopic (exact) mass is 511 g/mol. The molecule has 0 aliphatic carbocycles. The third kappa shape index (κ3) is 4.66. The van der Waals surface area contributed by atoms with Gasteiger partial charge >= 0.3 is 12.4 Å². The van der Waals surface area contributed by atoms with Crippen molar-refractivity contribution < 1.29 is 51.2 Å². The van der Waals surface area contributed by atoms with Crippen LogP contribution in [0, 0.1) is 5.41 Å². The van der Waals surface area contributed by atoms with Crippen LogP contribution in [0.1, 0.15) is 28.6 Å². The van der Waals surface area contributed by atoms with Gasteiger partial charge in [0, 0.05) is 0 Å². The molecule has 0 amide bonds. The van der Waals surface area contributed by atoms with E-state index in [1.54, 1.807) is 0 Å². The maximum absolute atomic E-state index is 13.3. The van der Waals surface area contributed by atoms with Crippen molar-refractivity contribution in [3.63, 3.8) is 0 Å². The highest BCUT2D eigenvalue weighted by molar-refractivity contribution is 5.99. The molecule has 0 radical (unpaired) electrons. The Balaban J connectivity index is 1.51. The number of benzene rings is 1. The van der Waals surface area contributed by atoms with Gasteiger partial charge in [-0.3, -0.25) is 14.8 Å². The second-order valence-electron chi connectivity index (χ2n) is 7.78. The zero-order valence-electron chi connectivity index (χ0n) is 17.5. The van der Waals surface area contributed by atoms with Crippen LogP contribution in [0.15, 0.2) is 24.5 Å². The van der Waals surface area contributed by atoms with Crippen LogP contribution >= 0.6 is 0 Å². The van der Waals surface area contributed by atoms with E-state index in [0.717, 1.165) is 5.06 Å². The van der Waals surface area contributed by atoms with Crippen molar-refractivity contribution in [2.24, 2.45) is 0 Å². The fourth-order valence-electron chi connectivity index (χ4n) is 3.76. The molecule has 1 fully saturated rings. The van der Waals surface area contributed by atoms with E-state index in [1.165, 1.54) is 10.9 Å². The summed E-state index contributed by atoms with van der Waals surface area (Å²) in [6, 6.07) is 1.17. The molecule has 192 valence electrons. The lowest BCUT2D eigenvalue weighted by molar-refractivity contribution is -0.146. The first-order valence-corrected chi connectivity index (χ1v) is 10.0. The predicted molar refractivity (Wildman–Crippen MR) is 104 cm³/mol. The fourth-order valence-corrected chi connectivity index (χ4v) is 3.76. The summed E-state index contributed by atoms with van der Waals surface area (Å²) in [6.45, 7) is -1.61. The van der Waals surface area contributed by atoms with Crippen molar-refractivity contribution in [2.45, 2.75) is 43.5 Å². The first-order valence-electron chi connectivity index (χ1n) is 10.0. The second kappa shape index (κ2) is 8.94. The summed E-state index contributed by atoms with van der Waals surface area (Å²) >= 11 is 0. The van der Waals surface area contributed by atoms with E-state index in [4.69, 9.17) is 15.0 Å². The number of fused-ring (bicyclic) bond motifs is 1. The lowest BCUT2D eigenvalue weighted by Crippen LogP contribution is -2.41. The molecule has 5 N–H and O–H groups in total. The number of amidine groups is 1. The van der Waals surface area contributed by atoms with Gasteiger partial charge in [0.05, 0.1) is 24.1 Å². The molecule has 2 aliphatic rings. The van der Waals surface area contributed by atoms with Gasteiger partial charge in [0.2, 0.25) is 0 Å². The minimum atomic E-state index is -5.07. The Morgan fingerprint density at radius 1 is 1.14 bits per heavy atom. The van der Waals surface area contributed by atoms with Gasteiger partial charge in [-0.25, -0.2) is 10.0 Å². The van der Waals surface area contributed by atoms with E-state index in [9.17, 15) is 41.7 Å². The minimum absolute atomic E-state index is 0.000774. The fraction of sp³-hybridized carbons (Fsp3) is 0.474. The van der Waals surface area contributed by atoms with Crippen LogP contribution in [0.4, 0.5) is 32.2 Å². The van der Waals surface area contributed by atoms with Crippen LogP contribution in [0.3, 0.4) is 0 Å². The number of aromatic nitrogens is 2. The van der Waals surface area contributed by atoms with Gasteiger partial charge in [-0.05, 0) is 17.7 Å². The largest absolute Gasteiger partial charge is 0.416 e. The Bertz CT molecular complexity index is 1110. The van der Waals surface area contributed by atoms with E-state index < -0.39 is 66.8 Å². The Morgan fingerprint density at radius 2 is 1.86 bits per heavy atom. The number of aliphatic hydroxyl groups excluding tert-OH is 3. The molecule has 16 heteroatoms. The van der Waals surface area contributed by atoms with Gasteiger partial charge in [0.25, 0.3) is 0 Å². The summed E-state index contributed by atoms with van der Waals surface area (Å²) in [5, 5.41) is 41.3. The molecule has 0 spiro atoms. The zero-order valence-corrected chi connectivity index (χ0v) is 17.5. The van der Waals surface area contributed by atoms with Crippen LogP contribution in [0.25, 0.3) is 0 Å². The maximum atomic E-state index is 13.3. The minimum Gasteiger partial charge on any atom is -0.394 e. The molecular formula is C19H19F6N5O5. The van der Waals surface area contributed by atoms with E-state index in [2.05, 4.69) is 10.3 Å². The molecule has 0 saturated carbocycles. The topological polar surface area (TPSA) is 136 Å². The van der Waals surface area contributed by atoms with E-state index in [1.807, 2.05) is 0 Å². The summed E-state index contributed by atoms with van der Waals surface area (Å²) in [5.74, 6) is -0.208.